The van der Waals surface area contributed by atoms with Gasteiger partial charge in [-0.05, 0) is 76.8 Å². The number of hydrogen-bond donors (Lipinski definition) is 2. The van der Waals surface area contributed by atoms with Crippen molar-refractivity contribution in [1.82, 2.24) is 15.5 Å². The van der Waals surface area contributed by atoms with Gasteiger partial charge in [0.25, 0.3) is 11.8 Å². The zero-order valence-corrected chi connectivity index (χ0v) is 22.7. The van der Waals surface area contributed by atoms with Crippen LogP contribution in [0, 0.1) is 5.82 Å². The minimum Gasteiger partial charge on any atom is -0.347 e. The number of nitrogens with one attached hydrogen (secondary N) is 2. The number of hydrogen-bond acceptors (Lipinski definition) is 3. The highest BCUT2D eigenvalue weighted by molar-refractivity contribution is 9.10. The highest BCUT2D eigenvalue weighted by Crippen LogP contribution is 2.38. The van der Waals surface area contributed by atoms with E-state index < -0.39 is 41.0 Å². The van der Waals surface area contributed by atoms with E-state index in [4.69, 9.17) is 0 Å². The molecule has 1 aliphatic carbocycles. The van der Waals surface area contributed by atoms with Crippen molar-refractivity contribution in [3.05, 3.63) is 68.9 Å². The Hall–Kier alpha value is -2.95. The molecule has 1 saturated carbocycles. The first-order chi connectivity index (χ1) is 17.7. The summed E-state index contributed by atoms with van der Waals surface area (Å²) < 4.78 is 54.5. The molecule has 0 spiro atoms. The van der Waals surface area contributed by atoms with E-state index in [1.807, 2.05) is 13.8 Å². The van der Waals surface area contributed by atoms with Crippen molar-refractivity contribution >= 4 is 33.7 Å². The van der Waals surface area contributed by atoms with Crippen molar-refractivity contribution in [2.24, 2.45) is 0 Å². The minimum atomic E-state index is -4.64. The molecule has 1 saturated heterocycles. The predicted octanol–water partition coefficient (Wildman–Crippen LogP) is 5.76. The van der Waals surface area contributed by atoms with Gasteiger partial charge >= 0.3 is 6.18 Å². The molecule has 0 aromatic heterocycles. The van der Waals surface area contributed by atoms with Crippen LogP contribution < -0.4 is 10.6 Å². The van der Waals surface area contributed by atoms with Crippen LogP contribution in [0.4, 0.5) is 17.6 Å². The SMILES string of the molecule is C[C@@H]1CC[C@H](C)N1C(=O)c1ccc([C@@H](C)NC(=O)C2(NC(=O)c3cc(Br)cc(C(F)(F)F)c3)CC2)c(F)c1. The third-order valence-electron chi connectivity index (χ3n) is 7.27. The summed E-state index contributed by atoms with van der Waals surface area (Å²) in [6, 6.07) is 6.32. The van der Waals surface area contributed by atoms with Gasteiger partial charge < -0.3 is 15.5 Å². The number of amides is 3. The molecule has 1 aliphatic heterocycles. The fraction of sp³-hybridized carbons (Fsp3) is 0.444. The number of carbonyl (C=O) groups excluding carboxylic acids is 3. The summed E-state index contributed by atoms with van der Waals surface area (Å²) in [5.74, 6) is -2.28. The highest BCUT2D eigenvalue weighted by Gasteiger charge is 2.51. The summed E-state index contributed by atoms with van der Waals surface area (Å²) in [7, 11) is 0. The Morgan fingerprint density at radius 2 is 1.66 bits per heavy atom. The maximum absolute atomic E-state index is 15.0. The quantitative estimate of drug-likeness (QED) is 0.416. The summed E-state index contributed by atoms with van der Waals surface area (Å²) in [6.45, 7) is 5.49. The van der Waals surface area contributed by atoms with Crippen molar-refractivity contribution < 1.29 is 31.9 Å². The Kier molecular flexibility index (Phi) is 7.62. The second kappa shape index (κ2) is 10.3. The zero-order chi connectivity index (χ0) is 28.0. The van der Waals surface area contributed by atoms with E-state index in [1.54, 1.807) is 11.8 Å². The molecule has 2 aromatic rings. The number of benzene rings is 2. The maximum atomic E-state index is 15.0. The van der Waals surface area contributed by atoms with Gasteiger partial charge in [-0.25, -0.2) is 4.39 Å². The van der Waals surface area contributed by atoms with E-state index >= 15 is 4.39 Å². The largest absolute Gasteiger partial charge is 0.416 e. The molecule has 1 heterocycles. The van der Waals surface area contributed by atoms with Crippen LogP contribution in [0.2, 0.25) is 0 Å². The van der Waals surface area contributed by atoms with Crippen molar-refractivity contribution in [2.45, 2.75) is 76.3 Å². The molecular formula is C27H28BrF4N3O3. The lowest BCUT2D eigenvalue weighted by Crippen LogP contribution is -2.49. The Bertz CT molecular complexity index is 1270. The fourth-order valence-corrected chi connectivity index (χ4v) is 5.37. The van der Waals surface area contributed by atoms with Crippen LogP contribution in [-0.2, 0) is 11.0 Å². The van der Waals surface area contributed by atoms with Crippen LogP contribution in [0.15, 0.2) is 40.9 Å². The monoisotopic (exact) mass is 597 g/mol. The first-order valence-electron chi connectivity index (χ1n) is 12.4. The van der Waals surface area contributed by atoms with Gasteiger partial charge in [0, 0.05) is 33.2 Å². The van der Waals surface area contributed by atoms with Crippen LogP contribution >= 0.6 is 15.9 Å². The van der Waals surface area contributed by atoms with Crippen molar-refractivity contribution in [2.75, 3.05) is 0 Å². The van der Waals surface area contributed by atoms with Gasteiger partial charge in [0.05, 0.1) is 11.6 Å². The fourth-order valence-electron chi connectivity index (χ4n) is 4.88. The highest BCUT2D eigenvalue weighted by atomic mass is 79.9. The summed E-state index contributed by atoms with van der Waals surface area (Å²) >= 11 is 2.98. The summed E-state index contributed by atoms with van der Waals surface area (Å²) in [6.07, 6.45) is -2.28. The van der Waals surface area contributed by atoms with Crippen molar-refractivity contribution in [3.8, 4) is 0 Å². The van der Waals surface area contributed by atoms with Gasteiger partial charge in [-0.15, -0.1) is 0 Å². The molecule has 0 bridgehead atoms. The van der Waals surface area contributed by atoms with E-state index in [1.165, 1.54) is 18.2 Å². The van der Waals surface area contributed by atoms with E-state index in [0.29, 0.717) is 12.8 Å². The molecule has 4 rings (SSSR count). The van der Waals surface area contributed by atoms with Crippen LogP contribution in [-0.4, -0.2) is 40.2 Å². The molecule has 3 amide bonds. The first kappa shape index (κ1) is 28.1. The molecular weight excluding hydrogens is 570 g/mol. The predicted molar refractivity (Wildman–Crippen MR) is 136 cm³/mol. The molecule has 3 atom stereocenters. The van der Waals surface area contributed by atoms with E-state index in [0.717, 1.165) is 31.0 Å². The average Bonchev–Trinajstić information content (AvgIpc) is 3.54. The number of rotatable bonds is 6. The molecule has 11 heteroatoms. The topological polar surface area (TPSA) is 78.5 Å². The zero-order valence-electron chi connectivity index (χ0n) is 21.1. The van der Waals surface area contributed by atoms with E-state index in [9.17, 15) is 27.6 Å². The minimum absolute atomic E-state index is 0.0699. The van der Waals surface area contributed by atoms with Crippen LogP contribution in [0.1, 0.15) is 84.3 Å². The van der Waals surface area contributed by atoms with Gasteiger partial charge in [-0.3, -0.25) is 14.4 Å². The van der Waals surface area contributed by atoms with Gasteiger partial charge in [-0.2, -0.15) is 13.2 Å². The van der Waals surface area contributed by atoms with E-state index in [-0.39, 0.29) is 39.2 Å². The summed E-state index contributed by atoms with van der Waals surface area (Å²) in [4.78, 5) is 40.4. The molecule has 2 fully saturated rings. The lowest BCUT2D eigenvalue weighted by Gasteiger charge is -2.27. The number of carbonyl (C=O) groups is 3. The van der Waals surface area contributed by atoms with Gasteiger partial charge in [0.1, 0.15) is 11.4 Å². The second-order valence-corrected chi connectivity index (χ2v) is 11.1. The number of halogens is 5. The third kappa shape index (κ3) is 5.72. The van der Waals surface area contributed by atoms with E-state index in [2.05, 4.69) is 26.6 Å². The Labute approximate surface area is 226 Å². The molecule has 0 unspecified atom stereocenters. The Morgan fingerprint density at radius 1 is 1.03 bits per heavy atom. The first-order valence-corrected chi connectivity index (χ1v) is 13.1. The lowest BCUT2D eigenvalue weighted by molar-refractivity contribution is -0.137. The van der Waals surface area contributed by atoms with Crippen LogP contribution in [0.5, 0.6) is 0 Å². The summed E-state index contributed by atoms with van der Waals surface area (Å²) in [5, 5.41) is 5.22. The standard InChI is InChI=1S/C27H28BrF4N3O3/c1-14-4-5-15(2)35(14)24(37)17-6-7-21(22(29)12-17)16(3)33-25(38)26(8-9-26)34-23(36)18-10-19(27(30,31)32)13-20(28)11-18/h6-7,10-16H,4-5,8-9H2,1-3H3,(H,33,38)(H,34,36)/t14-,15+,16-/m1/s1. The van der Waals surface area contributed by atoms with Crippen LogP contribution in [0.3, 0.4) is 0 Å². The molecule has 2 aliphatic rings. The molecule has 0 radical (unpaired) electrons. The molecule has 2 N–H and O–H groups in total. The second-order valence-electron chi connectivity index (χ2n) is 10.2. The normalized spacial score (nSPS) is 21.1. The van der Waals surface area contributed by atoms with Gasteiger partial charge in [0.2, 0.25) is 5.91 Å². The van der Waals surface area contributed by atoms with Crippen molar-refractivity contribution in [3.63, 3.8) is 0 Å². The lowest BCUT2D eigenvalue weighted by atomic mass is 10.0. The van der Waals surface area contributed by atoms with Gasteiger partial charge in [-0.1, -0.05) is 22.0 Å². The number of alkyl halides is 3. The number of nitrogens with zero attached hydrogens (tertiary/aromatic N) is 1. The smallest absolute Gasteiger partial charge is 0.347 e. The average molecular weight is 598 g/mol. The molecule has 204 valence electrons. The summed E-state index contributed by atoms with van der Waals surface area (Å²) in [5.41, 5.74) is -2.14. The Balaban J connectivity index is 1.44. The third-order valence-corrected chi connectivity index (χ3v) is 7.73. The molecule has 6 nitrogen and oxygen atoms in total. The molecule has 2 aromatic carbocycles. The van der Waals surface area contributed by atoms with Crippen molar-refractivity contribution in [1.29, 1.82) is 0 Å². The maximum Gasteiger partial charge on any atom is 0.416 e. The Morgan fingerprint density at radius 3 is 2.21 bits per heavy atom. The van der Waals surface area contributed by atoms with Crippen LogP contribution in [0.25, 0.3) is 0 Å². The number of likely N-dealkylation sites (tertiary alicyclic amines) is 1. The molecule has 38 heavy (non-hydrogen) atoms. The van der Waals surface area contributed by atoms with Gasteiger partial charge in [0.15, 0.2) is 0 Å².